The molecule has 112 valence electrons. The van der Waals surface area contributed by atoms with Gasteiger partial charge in [-0.05, 0) is 25.2 Å². The van der Waals surface area contributed by atoms with E-state index < -0.39 is 6.10 Å². The van der Waals surface area contributed by atoms with E-state index in [0.717, 1.165) is 11.1 Å². The molecule has 3 nitrogen and oxygen atoms in total. The first-order chi connectivity index (χ1) is 10.2. The van der Waals surface area contributed by atoms with E-state index in [9.17, 15) is 5.11 Å². The van der Waals surface area contributed by atoms with Gasteiger partial charge in [0.15, 0.2) is 0 Å². The largest absolute Gasteiger partial charge is 0.389 e. The van der Waals surface area contributed by atoms with Gasteiger partial charge in [-0.1, -0.05) is 60.7 Å². The maximum atomic E-state index is 10.00. The minimum Gasteiger partial charge on any atom is -0.389 e. The van der Waals surface area contributed by atoms with Crippen LogP contribution in [0.5, 0.6) is 0 Å². The normalized spacial score (nSPS) is 12.8. The van der Waals surface area contributed by atoms with E-state index in [-0.39, 0.29) is 6.10 Å². The summed E-state index contributed by atoms with van der Waals surface area (Å²) >= 11 is 0. The zero-order chi connectivity index (χ0) is 15.1. The van der Waals surface area contributed by atoms with E-state index >= 15 is 0 Å². The Kier molecular flexibility index (Phi) is 5.93. The van der Waals surface area contributed by atoms with Crippen molar-refractivity contribution in [1.29, 1.82) is 0 Å². The summed E-state index contributed by atoms with van der Waals surface area (Å²) in [5.41, 5.74) is 2.20. The second-order valence-corrected chi connectivity index (χ2v) is 5.45. The molecule has 21 heavy (non-hydrogen) atoms. The summed E-state index contributed by atoms with van der Waals surface area (Å²) in [6, 6.07) is 20.2. The minimum absolute atomic E-state index is 0.149. The second kappa shape index (κ2) is 7.93. The molecule has 2 rings (SSSR count). The van der Waals surface area contributed by atoms with E-state index in [1.165, 1.54) is 0 Å². The van der Waals surface area contributed by atoms with Gasteiger partial charge in [-0.2, -0.15) is 0 Å². The van der Waals surface area contributed by atoms with Crippen molar-refractivity contribution in [2.75, 3.05) is 27.2 Å². The lowest BCUT2D eigenvalue weighted by atomic mass is 10.0. The van der Waals surface area contributed by atoms with Crippen molar-refractivity contribution >= 4 is 0 Å². The molecule has 0 spiro atoms. The van der Waals surface area contributed by atoms with Crippen LogP contribution in [-0.4, -0.2) is 43.4 Å². The van der Waals surface area contributed by atoms with Crippen LogP contribution in [-0.2, 0) is 4.74 Å². The van der Waals surface area contributed by atoms with Crippen molar-refractivity contribution < 1.29 is 9.84 Å². The van der Waals surface area contributed by atoms with Gasteiger partial charge in [-0.25, -0.2) is 0 Å². The molecule has 3 heteroatoms. The van der Waals surface area contributed by atoms with Crippen LogP contribution in [0.1, 0.15) is 17.2 Å². The first-order valence-electron chi connectivity index (χ1n) is 7.21. The van der Waals surface area contributed by atoms with Gasteiger partial charge in [0.05, 0.1) is 12.7 Å². The minimum atomic E-state index is -0.491. The molecule has 0 aromatic heterocycles. The molecule has 1 N–H and O–H groups in total. The molecule has 2 aromatic rings. The predicted molar refractivity (Wildman–Crippen MR) is 85.2 cm³/mol. The third kappa shape index (κ3) is 4.97. The fourth-order valence-corrected chi connectivity index (χ4v) is 2.32. The lowest BCUT2D eigenvalue weighted by Crippen LogP contribution is -2.30. The molecular weight excluding hydrogens is 262 g/mol. The maximum Gasteiger partial charge on any atom is 0.108 e. The molecule has 0 bridgehead atoms. The highest BCUT2D eigenvalue weighted by molar-refractivity contribution is 5.29. The van der Waals surface area contributed by atoms with Crippen molar-refractivity contribution in [2.24, 2.45) is 0 Å². The van der Waals surface area contributed by atoms with Crippen LogP contribution in [0.2, 0.25) is 0 Å². The van der Waals surface area contributed by atoms with E-state index in [0.29, 0.717) is 13.2 Å². The summed E-state index contributed by atoms with van der Waals surface area (Å²) < 4.78 is 6.00. The molecule has 2 aromatic carbocycles. The monoisotopic (exact) mass is 285 g/mol. The van der Waals surface area contributed by atoms with Crippen molar-refractivity contribution in [3.8, 4) is 0 Å². The third-order valence-corrected chi connectivity index (χ3v) is 3.24. The number of rotatable bonds is 7. The van der Waals surface area contributed by atoms with Gasteiger partial charge in [0, 0.05) is 6.54 Å². The Morgan fingerprint density at radius 3 is 1.81 bits per heavy atom. The highest BCUT2D eigenvalue weighted by Gasteiger charge is 2.16. The van der Waals surface area contributed by atoms with Gasteiger partial charge < -0.3 is 14.7 Å². The first-order valence-corrected chi connectivity index (χ1v) is 7.21. The van der Waals surface area contributed by atoms with Crippen LogP contribution in [0.15, 0.2) is 60.7 Å². The van der Waals surface area contributed by atoms with Crippen molar-refractivity contribution in [3.63, 3.8) is 0 Å². The van der Waals surface area contributed by atoms with Crippen LogP contribution in [0.3, 0.4) is 0 Å². The van der Waals surface area contributed by atoms with Crippen molar-refractivity contribution in [2.45, 2.75) is 12.2 Å². The van der Waals surface area contributed by atoms with Crippen LogP contribution >= 0.6 is 0 Å². The van der Waals surface area contributed by atoms with Gasteiger partial charge >= 0.3 is 0 Å². The molecule has 0 saturated heterocycles. The second-order valence-electron chi connectivity index (χ2n) is 5.45. The number of ether oxygens (including phenoxy) is 1. The Balaban J connectivity index is 2.10. The third-order valence-electron chi connectivity index (χ3n) is 3.24. The summed E-state index contributed by atoms with van der Waals surface area (Å²) in [5.74, 6) is 0. The van der Waals surface area contributed by atoms with Crippen LogP contribution in [0, 0.1) is 0 Å². The van der Waals surface area contributed by atoms with Crippen LogP contribution < -0.4 is 0 Å². The lowest BCUT2D eigenvalue weighted by Gasteiger charge is -2.22. The SMILES string of the molecule is CN(C)C[C@H](O)COC(c1ccccc1)c1ccccc1. The molecule has 0 saturated carbocycles. The van der Waals surface area contributed by atoms with E-state index in [2.05, 4.69) is 24.3 Å². The summed E-state index contributed by atoms with van der Waals surface area (Å²) in [6.07, 6.45) is -0.640. The Morgan fingerprint density at radius 2 is 1.38 bits per heavy atom. The number of aliphatic hydroxyl groups is 1. The Bertz CT molecular complexity index is 474. The molecule has 0 heterocycles. The molecule has 0 amide bonds. The number of nitrogens with zero attached hydrogens (tertiary/aromatic N) is 1. The van der Waals surface area contributed by atoms with E-state index in [4.69, 9.17) is 4.74 Å². The van der Waals surface area contributed by atoms with Gasteiger partial charge in [-0.15, -0.1) is 0 Å². The summed E-state index contributed by atoms with van der Waals surface area (Å²) in [6.45, 7) is 0.906. The van der Waals surface area contributed by atoms with Crippen LogP contribution in [0.25, 0.3) is 0 Å². The molecule has 0 aliphatic carbocycles. The predicted octanol–water partition coefficient (Wildman–Crippen LogP) is 2.72. The fraction of sp³-hybridized carbons (Fsp3) is 0.333. The zero-order valence-corrected chi connectivity index (χ0v) is 12.6. The number of hydrogen-bond acceptors (Lipinski definition) is 3. The maximum absolute atomic E-state index is 10.00. The Labute approximate surface area is 126 Å². The number of hydrogen-bond donors (Lipinski definition) is 1. The molecule has 0 radical (unpaired) electrons. The number of benzene rings is 2. The summed E-state index contributed by atoms with van der Waals surface area (Å²) in [4.78, 5) is 1.95. The summed E-state index contributed by atoms with van der Waals surface area (Å²) in [7, 11) is 3.88. The summed E-state index contributed by atoms with van der Waals surface area (Å²) in [5, 5.41) is 10.00. The average molecular weight is 285 g/mol. The van der Waals surface area contributed by atoms with E-state index in [1.807, 2.05) is 55.4 Å². The molecule has 0 aliphatic rings. The standard InChI is InChI=1S/C18H23NO2/c1-19(2)13-17(20)14-21-18(15-9-5-3-6-10-15)16-11-7-4-8-12-16/h3-12,17-18,20H,13-14H2,1-2H3/t17-/m0/s1. The van der Waals surface area contributed by atoms with Gasteiger partial charge in [0.2, 0.25) is 0 Å². The fourth-order valence-electron chi connectivity index (χ4n) is 2.32. The molecule has 0 fully saturated rings. The van der Waals surface area contributed by atoms with Crippen molar-refractivity contribution in [3.05, 3.63) is 71.8 Å². The van der Waals surface area contributed by atoms with Gasteiger partial charge in [0.25, 0.3) is 0 Å². The average Bonchev–Trinajstić information content (AvgIpc) is 2.49. The number of likely N-dealkylation sites (N-methyl/N-ethyl adjacent to an activating group) is 1. The van der Waals surface area contributed by atoms with Crippen LogP contribution in [0.4, 0.5) is 0 Å². The molecule has 0 aliphatic heterocycles. The highest BCUT2D eigenvalue weighted by atomic mass is 16.5. The van der Waals surface area contributed by atoms with Crippen molar-refractivity contribution in [1.82, 2.24) is 4.90 Å². The first kappa shape index (κ1) is 15.7. The lowest BCUT2D eigenvalue weighted by molar-refractivity contribution is -0.00301. The Hall–Kier alpha value is -1.68. The van der Waals surface area contributed by atoms with Gasteiger partial charge in [-0.3, -0.25) is 0 Å². The molecule has 1 atom stereocenters. The van der Waals surface area contributed by atoms with Gasteiger partial charge in [0.1, 0.15) is 6.10 Å². The zero-order valence-electron chi connectivity index (χ0n) is 12.6. The van der Waals surface area contributed by atoms with E-state index in [1.54, 1.807) is 0 Å². The Morgan fingerprint density at radius 1 is 0.905 bits per heavy atom. The molecular formula is C18H23NO2. The number of aliphatic hydroxyl groups excluding tert-OH is 1. The highest BCUT2D eigenvalue weighted by Crippen LogP contribution is 2.25. The quantitative estimate of drug-likeness (QED) is 0.849. The smallest absolute Gasteiger partial charge is 0.108 e. The molecule has 0 unspecified atom stereocenters. The topological polar surface area (TPSA) is 32.7 Å².